The summed E-state index contributed by atoms with van der Waals surface area (Å²) in [7, 11) is 3.06. The molecule has 6 nitrogen and oxygen atoms in total. The number of thioether (sulfide) groups is 1. The second kappa shape index (κ2) is 7.71. The Labute approximate surface area is 179 Å². The first-order chi connectivity index (χ1) is 14.4. The zero-order valence-electron chi connectivity index (χ0n) is 17.0. The van der Waals surface area contributed by atoms with Crippen molar-refractivity contribution in [1.82, 2.24) is 4.90 Å². The van der Waals surface area contributed by atoms with Crippen molar-refractivity contribution in [3.63, 3.8) is 0 Å². The number of carbonyl (C=O) groups is 1. The zero-order chi connectivity index (χ0) is 21.5. The van der Waals surface area contributed by atoms with E-state index in [0.29, 0.717) is 27.7 Å². The molecule has 2 aromatic carbocycles. The maximum absolute atomic E-state index is 13.2. The monoisotopic (exact) mass is 422 g/mol. The number of hydrogen-bond donors (Lipinski definition) is 1. The molecule has 1 fully saturated rings. The highest BCUT2D eigenvalue weighted by Gasteiger charge is 2.52. The fourth-order valence-corrected chi connectivity index (χ4v) is 5.37. The van der Waals surface area contributed by atoms with Gasteiger partial charge in [0.05, 0.1) is 36.6 Å². The molecule has 4 rings (SSSR count). The van der Waals surface area contributed by atoms with Crippen LogP contribution >= 0.6 is 11.8 Å². The molecule has 154 valence electrons. The Morgan fingerprint density at radius 2 is 1.87 bits per heavy atom. The molecule has 0 aliphatic carbocycles. The lowest BCUT2D eigenvalue weighted by molar-refractivity contribution is -0.149. The van der Waals surface area contributed by atoms with Gasteiger partial charge in [0.15, 0.2) is 17.2 Å². The summed E-state index contributed by atoms with van der Waals surface area (Å²) >= 11 is 1.33. The molecule has 30 heavy (non-hydrogen) atoms. The quantitative estimate of drug-likeness (QED) is 0.810. The van der Waals surface area contributed by atoms with Gasteiger partial charge in [-0.05, 0) is 24.6 Å². The number of methoxy groups -OCH3 is 2. The van der Waals surface area contributed by atoms with Crippen molar-refractivity contribution in [1.29, 1.82) is 5.26 Å². The van der Waals surface area contributed by atoms with Gasteiger partial charge in [0.25, 0.3) is 0 Å². The number of hydrogen-bond acceptors (Lipinski definition) is 6. The molecule has 2 aliphatic rings. The Morgan fingerprint density at radius 1 is 1.17 bits per heavy atom. The number of ether oxygens (including phenoxy) is 2. The Hall–Kier alpha value is -2.95. The van der Waals surface area contributed by atoms with Crippen molar-refractivity contribution >= 4 is 17.7 Å². The van der Waals surface area contributed by atoms with E-state index in [-0.39, 0.29) is 24.0 Å². The molecule has 2 unspecified atom stereocenters. The SMILES string of the molecule is COc1ccc(C2(O)CSC3=C(C#N)C(c4ccc(C)cc4)CC(=O)N32)cc1OC. The number of aryl methyl sites for hydroxylation is 1. The van der Waals surface area contributed by atoms with Gasteiger partial charge in [-0.15, -0.1) is 11.8 Å². The number of nitriles is 1. The van der Waals surface area contributed by atoms with Crippen LogP contribution in [0.4, 0.5) is 0 Å². The minimum Gasteiger partial charge on any atom is -0.493 e. The highest BCUT2D eigenvalue weighted by atomic mass is 32.2. The van der Waals surface area contributed by atoms with Crippen LogP contribution in [0.5, 0.6) is 11.5 Å². The lowest BCUT2D eigenvalue weighted by Gasteiger charge is -2.38. The lowest BCUT2D eigenvalue weighted by atomic mass is 9.85. The van der Waals surface area contributed by atoms with E-state index in [1.165, 1.54) is 30.9 Å². The van der Waals surface area contributed by atoms with Crippen molar-refractivity contribution in [2.45, 2.75) is 25.0 Å². The highest BCUT2D eigenvalue weighted by molar-refractivity contribution is 8.03. The number of allylic oxidation sites excluding steroid dienone is 1. The van der Waals surface area contributed by atoms with Crippen LogP contribution in [-0.2, 0) is 10.5 Å². The molecular formula is C23H22N2O4S. The Morgan fingerprint density at radius 3 is 2.50 bits per heavy atom. The number of fused-ring (bicyclic) bond motifs is 1. The highest BCUT2D eigenvalue weighted by Crippen LogP contribution is 2.52. The van der Waals surface area contributed by atoms with Gasteiger partial charge in [-0.2, -0.15) is 5.26 Å². The molecule has 2 heterocycles. The fourth-order valence-electron chi connectivity index (χ4n) is 4.01. The second-order valence-electron chi connectivity index (χ2n) is 7.40. The summed E-state index contributed by atoms with van der Waals surface area (Å²) in [5.74, 6) is 0.711. The van der Waals surface area contributed by atoms with Crippen LogP contribution in [0.2, 0.25) is 0 Å². The molecule has 0 saturated carbocycles. The van der Waals surface area contributed by atoms with Gasteiger partial charge in [0.2, 0.25) is 5.91 Å². The van der Waals surface area contributed by atoms with Crippen molar-refractivity contribution in [2.75, 3.05) is 20.0 Å². The minimum atomic E-state index is -1.56. The topological polar surface area (TPSA) is 82.8 Å². The first-order valence-corrected chi connectivity index (χ1v) is 10.5. The molecule has 7 heteroatoms. The number of carbonyl (C=O) groups excluding carboxylic acids is 1. The smallest absolute Gasteiger partial charge is 0.231 e. The fraction of sp³-hybridized carbons (Fsp3) is 0.304. The van der Waals surface area contributed by atoms with E-state index in [0.717, 1.165) is 11.1 Å². The second-order valence-corrected chi connectivity index (χ2v) is 8.37. The molecule has 0 aromatic heterocycles. The third-order valence-electron chi connectivity index (χ3n) is 5.64. The lowest BCUT2D eigenvalue weighted by Crippen LogP contribution is -2.48. The van der Waals surface area contributed by atoms with E-state index >= 15 is 0 Å². The molecule has 2 aromatic rings. The van der Waals surface area contributed by atoms with E-state index in [1.54, 1.807) is 18.2 Å². The van der Waals surface area contributed by atoms with Gasteiger partial charge in [0.1, 0.15) is 0 Å². The Kier molecular flexibility index (Phi) is 5.22. The number of amides is 1. The van der Waals surface area contributed by atoms with Crippen LogP contribution in [-0.4, -0.2) is 35.9 Å². The molecule has 2 aliphatic heterocycles. The van der Waals surface area contributed by atoms with Gasteiger partial charge in [-0.25, -0.2) is 0 Å². The average molecular weight is 423 g/mol. The molecule has 0 bridgehead atoms. The van der Waals surface area contributed by atoms with Crippen molar-refractivity contribution in [2.24, 2.45) is 0 Å². The van der Waals surface area contributed by atoms with Crippen molar-refractivity contribution in [3.8, 4) is 17.6 Å². The minimum absolute atomic E-state index is 0.131. The van der Waals surface area contributed by atoms with E-state index in [9.17, 15) is 15.2 Å². The molecule has 1 amide bonds. The molecule has 2 atom stereocenters. The van der Waals surface area contributed by atoms with Gasteiger partial charge < -0.3 is 14.6 Å². The summed E-state index contributed by atoms with van der Waals surface area (Å²) < 4.78 is 10.6. The van der Waals surface area contributed by atoms with Crippen LogP contribution in [0.25, 0.3) is 0 Å². The summed E-state index contributed by atoms with van der Waals surface area (Å²) in [6, 6.07) is 15.3. The van der Waals surface area contributed by atoms with E-state index < -0.39 is 5.72 Å². The third-order valence-corrected chi connectivity index (χ3v) is 6.86. The van der Waals surface area contributed by atoms with E-state index in [2.05, 4.69) is 6.07 Å². The summed E-state index contributed by atoms with van der Waals surface area (Å²) in [6.45, 7) is 2.00. The van der Waals surface area contributed by atoms with Crippen molar-refractivity contribution < 1.29 is 19.4 Å². The van der Waals surface area contributed by atoms with Crippen LogP contribution in [0.15, 0.2) is 53.1 Å². The molecule has 0 radical (unpaired) electrons. The number of nitrogens with zero attached hydrogens (tertiary/aromatic N) is 2. The Balaban J connectivity index is 1.79. The third kappa shape index (κ3) is 3.13. The number of aliphatic hydroxyl groups is 1. The predicted octanol–water partition coefficient (Wildman–Crippen LogP) is 3.66. The molecule has 0 spiro atoms. The summed E-state index contributed by atoms with van der Waals surface area (Å²) in [5.41, 5.74) is 1.52. The van der Waals surface area contributed by atoms with E-state index in [1.807, 2.05) is 31.2 Å². The normalized spacial score (nSPS) is 23.2. The van der Waals surface area contributed by atoms with Crippen molar-refractivity contribution in [3.05, 3.63) is 69.8 Å². The maximum Gasteiger partial charge on any atom is 0.231 e. The van der Waals surface area contributed by atoms with Gasteiger partial charge >= 0.3 is 0 Å². The van der Waals surface area contributed by atoms with Gasteiger partial charge in [0, 0.05) is 17.9 Å². The summed E-state index contributed by atoms with van der Waals surface area (Å²) in [6.07, 6.45) is 0.131. The summed E-state index contributed by atoms with van der Waals surface area (Å²) in [5, 5.41) is 22.0. The van der Waals surface area contributed by atoms with Crippen LogP contribution < -0.4 is 9.47 Å². The van der Waals surface area contributed by atoms with Crippen LogP contribution in [0, 0.1) is 18.3 Å². The van der Waals surface area contributed by atoms with Gasteiger partial charge in [-0.1, -0.05) is 35.9 Å². The largest absolute Gasteiger partial charge is 0.493 e. The maximum atomic E-state index is 13.2. The van der Waals surface area contributed by atoms with Gasteiger partial charge in [-0.3, -0.25) is 9.69 Å². The average Bonchev–Trinajstić information content (AvgIpc) is 3.13. The predicted molar refractivity (Wildman–Crippen MR) is 114 cm³/mol. The number of rotatable bonds is 4. The number of benzene rings is 2. The molecule has 1 N–H and O–H groups in total. The van der Waals surface area contributed by atoms with Crippen LogP contribution in [0.3, 0.4) is 0 Å². The van der Waals surface area contributed by atoms with Crippen LogP contribution in [0.1, 0.15) is 29.0 Å². The first kappa shape index (κ1) is 20.3. The Bertz CT molecular complexity index is 1070. The molecule has 1 saturated heterocycles. The molecular weight excluding hydrogens is 400 g/mol. The van der Waals surface area contributed by atoms with E-state index in [4.69, 9.17) is 9.47 Å². The first-order valence-electron chi connectivity index (χ1n) is 9.54. The summed E-state index contributed by atoms with van der Waals surface area (Å²) in [4.78, 5) is 14.6. The zero-order valence-corrected chi connectivity index (χ0v) is 17.8. The standard InChI is InChI=1S/C23H22N2O4S/c1-14-4-6-15(7-5-14)17-11-21(26)25-22(18(17)12-24)30-13-23(25,27)16-8-9-19(28-2)20(10-16)29-3/h4-10,17,27H,11,13H2,1-3H3.